The van der Waals surface area contributed by atoms with Gasteiger partial charge >= 0.3 is 0 Å². The largest absolute Gasteiger partial charge is 0.378 e. The van der Waals surface area contributed by atoms with Crippen LogP contribution in [0.5, 0.6) is 0 Å². The number of hydrogen-bond acceptors (Lipinski definition) is 6. The Morgan fingerprint density at radius 1 is 1.31 bits per heavy atom. The van der Waals surface area contributed by atoms with Gasteiger partial charge in [0.1, 0.15) is 18.8 Å². The third-order valence-electron chi connectivity index (χ3n) is 5.07. The summed E-state index contributed by atoms with van der Waals surface area (Å²) >= 11 is 0. The van der Waals surface area contributed by atoms with Gasteiger partial charge in [0.2, 0.25) is 5.91 Å². The van der Waals surface area contributed by atoms with Crippen molar-refractivity contribution in [1.29, 1.82) is 0 Å². The van der Waals surface area contributed by atoms with Crippen molar-refractivity contribution in [2.24, 2.45) is 0 Å². The van der Waals surface area contributed by atoms with Gasteiger partial charge in [-0.25, -0.2) is 9.97 Å². The summed E-state index contributed by atoms with van der Waals surface area (Å²) in [5.74, 6) is 1.32. The van der Waals surface area contributed by atoms with E-state index in [-0.39, 0.29) is 18.4 Å². The molecular formula is C19H30N4O3. The Kier molecular flexibility index (Phi) is 7.20. The second-order valence-corrected chi connectivity index (χ2v) is 6.99. The first-order chi connectivity index (χ1) is 12.8. The lowest BCUT2D eigenvalue weighted by Crippen LogP contribution is -2.41. The van der Waals surface area contributed by atoms with Gasteiger partial charge in [-0.3, -0.25) is 4.79 Å². The fourth-order valence-electron chi connectivity index (χ4n) is 3.49. The van der Waals surface area contributed by atoms with Gasteiger partial charge < -0.3 is 19.3 Å². The van der Waals surface area contributed by atoms with E-state index in [9.17, 15) is 4.79 Å². The number of hydrogen-bond donors (Lipinski definition) is 0. The minimum absolute atomic E-state index is 0.0910. The van der Waals surface area contributed by atoms with Gasteiger partial charge in [-0.15, -0.1) is 0 Å². The average Bonchev–Trinajstić information content (AvgIpc) is 2.72. The normalized spacial score (nSPS) is 21.0. The number of rotatable bonds is 7. The zero-order valence-corrected chi connectivity index (χ0v) is 15.7. The molecule has 3 rings (SSSR count). The fourth-order valence-corrected chi connectivity index (χ4v) is 3.49. The molecule has 1 amide bonds. The number of nitrogens with zero attached hydrogens (tertiary/aromatic N) is 4. The molecule has 144 valence electrons. The predicted molar refractivity (Wildman–Crippen MR) is 99.3 cm³/mol. The van der Waals surface area contributed by atoms with Crippen LogP contribution in [0.3, 0.4) is 0 Å². The summed E-state index contributed by atoms with van der Waals surface area (Å²) in [4.78, 5) is 25.5. The molecule has 7 heteroatoms. The van der Waals surface area contributed by atoms with E-state index >= 15 is 0 Å². The first-order valence-corrected chi connectivity index (χ1v) is 9.78. The molecule has 0 bridgehead atoms. The Morgan fingerprint density at radius 3 is 2.96 bits per heavy atom. The molecule has 0 spiro atoms. The highest BCUT2D eigenvalue weighted by Gasteiger charge is 2.26. The third kappa shape index (κ3) is 5.14. The van der Waals surface area contributed by atoms with Gasteiger partial charge in [0.05, 0.1) is 18.9 Å². The minimum Gasteiger partial charge on any atom is -0.378 e. The first-order valence-electron chi connectivity index (χ1n) is 9.78. The molecule has 1 aromatic rings. The molecule has 1 unspecified atom stereocenters. The fraction of sp³-hybridized carbons (Fsp3) is 0.737. The lowest BCUT2D eigenvalue weighted by Gasteiger charge is -2.33. The smallest absolute Gasteiger partial charge is 0.248 e. The van der Waals surface area contributed by atoms with E-state index in [1.54, 1.807) is 6.33 Å². The molecule has 1 aromatic heterocycles. The van der Waals surface area contributed by atoms with E-state index in [1.807, 2.05) is 4.90 Å². The van der Waals surface area contributed by atoms with Crippen LogP contribution in [0.25, 0.3) is 0 Å². The molecule has 0 radical (unpaired) electrons. The molecular weight excluding hydrogens is 332 g/mol. The lowest BCUT2D eigenvalue weighted by molar-refractivity contribution is -0.137. The monoisotopic (exact) mass is 362 g/mol. The number of ether oxygens (including phenoxy) is 2. The van der Waals surface area contributed by atoms with Crippen LogP contribution < -0.4 is 4.90 Å². The van der Waals surface area contributed by atoms with Crippen molar-refractivity contribution in [2.75, 3.05) is 57.5 Å². The molecule has 2 aliphatic heterocycles. The standard InChI is InChI=1S/C19H30N4O3/c1-2-3-9-26-14-19(24)23-6-4-5-16(13-23)17-12-18(21-15-20-17)22-7-10-25-11-8-22/h12,15-16H,2-11,13-14H2,1H3. The average molecular weight is 362 g/mol. The molecule has 0 N–H and O–H groups in total. The molecule has 3 heterocycles. The van der Waals surface area contributed by atoms with Crippen molar-refractivity contribution in [2.45, 2.75) is 38.5 Å². The number of amides is 1. The third-order valence-corrected chi connectivity index (χ3v) is 5.07. The van der Waals surface area contributed by atoms with Crippen LogP contribution >= 0.6 is 0 Å². The van der Waals surface area contributed by atoms with Crippen molar-refractivity contribution >= 4 is 11.7 Å². The van der Waals surface area contributed by atoms with E-state index < -0.39 is 0 Å². The molecule has 0 saturated carbocycles. The Balaban J connectivity index is 1.57. The van der Waals surface area contributed by atoms with E-state index in [0.717, 1.165) is 76.6 Å². The summed E-state index contributed by atoms with van der Waals surface area (Å²) in [6, 6.07) is 2.09. The van der Waals surface area contributed by atoms with Crippen molar-refractivity contribution < 1.29 is 14.3 Å². The Morgan fingerprint density at radius 2 is 2.15 bits per heavy atom. The second kappa shape index (κ2) is 9.83. The summed E-state index contributed by atoms with van der Waals surface area (Å²) in [5.41, 5.74) is 1.03. The first kappa shape index (κ1) is 19.0. The SMILES string of the molecule is CCCCOCC(=O)N1CCCC(c2cc(N3CCOCC3)ncn2)C1. The molecule has 2 saturated heterocycles. The van der Waals surface area contributed by atoms with Crippen molar-refractivity contribution in [3.05, 3.63) is 18.1 Å². The van der Waals surface area contributed by atoms with Gasteiger partial charge in [0.15, 0.2) is 0 Å². The number of unbranched alkanes of at least 4 members (excludes halogenated alkanes) is 1. The Hall–Kier alpha value is -1.73. The van der Waals surface area contributed by atoms with Crippen LogP contribution in [-0.2, 0) is 14.3 Å². The van der Waals surface area contributed by atoms with Crippen LogP contribution in [0.15, 0.2) is 12.4 Å². The Labute approximate surface area is 155 Å². The van der Waals surface area contributed by atoms with Gasteiger partial charge in [-0.05, 0) is 19.3 Å². The molecule has 2 fully saturated rings. The van der Waals surface area contributed by atoms with E-state index in [0.29, 0.717) is 6.61 Å². The molecule has 1 atom stereocenters. The van der Waals surface area contributed by atoms with Crippen molar-refractivity contribution in [1.82, 2.24) is 14.9 Å². The van der Waals surface area contributed by atoms with Crippen molar-refractivity contribution in [3.63, 3.8) is 0 Å². The molecule has 2 aliphatic rings. The molecule has 0 aromatic carbocycles. The predicted octanol–water partition coefficient (Wildman–Crippen LogP) is 1.84. The van der Waals surface area contributed by atoms with Gasteiger partial charge in [-0.1, -0.05) is 13.3 Å². The summed E-state index contributed by atoms with van der Waals surface area (Å²) in [6.45, 7) is 7.70. The molecule has 0 aliphatic carbocycles. The van der Waals surface area contributed by atoms with E-state index in [2.05, 4.69) is 27.9 Å². The van der Waals surface area contributed by atoms with Crippen LogP contribution in [0, 0.1) is 0 Å². The van der Waals surface area contributed by atoms with Gasteiger partial charge in [0.25, 0.3) is 0 Å². The molecule has 26 heavy (non-hydrogen) atoms. The maximum atomic E-state index is 12.4. The highest BCUT2D eigenvalue weighted by Crippen LogP contribution is 2.27. The summed E-state index contributed by atoms with van der Waals surface area (Å²) in [5, 5.41) is 0. The van der Waals surface area contributed by atoms with Gasteiger partial charge in [0, 0.05) is 44.8 Å². The topological polar surface area (TPSA) is 67.8 Å². The number of anilines is 1. The van der Waals surface area contributed by atoms with Crippen LogP contribution in [0.1, 0.15) is 44.2 Å². The van der Waals surface area contributed by atoms with Crippen LogP contribution in [0.4, 0.5) is 5.82 Å². The minimum atomic E-state index is 0.0910. The zero-order valence-electron chi connectivity index (χ0n) is 15.7. The number of carbonyl (C=O) groups is 1. The number of aromatic nitrogens is 2. The van der Waals surface area contributed by atoms with Crippen LogP contribution in [0.2, 0.25) is 0 Å². The Bertz CT molecular complexity index is 578. The summed E-state index contributed by atoms with van der Waals surface area (Å²) in [7, 11) is 0. The van der Waals surface area contributed by atoms with Gasteiger partial charge in [-0.2, -0.15) is 0 Å². The lowest BCUT2D eigenvalue weighted by atomic mass is 9.94. The van der Waals surface area contributed by atoms with E-state index in [1.165, 1.54) is 0 Å². The number of piperidine rings is 1. The second-order valence-electron chi connectivity index (χ2n) is 6.99. The number of carbonyl (C=O) groups excluding carboxylic acids is 1. The highest BCUT2D eigenvalue weighted by molar-refractivity contribution is 5.77. The zero-order chi connectivity index (χ0) is 18.2. The molecule has 7 nitrogen and oxygen atoms in total. The quantitative estimate of drug-likeness (QED) is 0.690. The van der Waals surface area contributed by atoms with Crippen LogP contribution in [-0.4, -0.2) is 73.4 Å². The number of morpholine rings is 1. The maximum absolute atomic E-state index is 12.4. The number of likely N-dealkylation sites (tertiary alicyclic amines) is 1. The maximum Gasteiger partial charge on any atom is 0.248 e. The summed E-state index contributed by atoms with van der Waals surface area (Å²) in [6.07, 6.45) is 5.79. The van der Waals surface area contributed by atoms with E-state index in [4.69, 9.17) is 9.47 Å². The highest BCUT2D eigenvalue weighted by atomic mass is 16.5. The van der Waals surface area contributed by atoms with Crippen molar-refractivity contribution in [3.8, 4) is 0 Å². The summed E-state index contributed by atoms with van der Waals surface area (Å²) < 4.78 is 10.9.